The molecular weight excluding hydrogens is 239 g/mol. The molecule has 1 aromatic heterocycles. The first-order chi connectivity index (χ1) is 5.27. The molecule has 64 valence electrons. The number of halogens is 2. The van der Waals surface area contributed by atoms with Crippen LogP contribution in [-0.4, -0.2) is 10.2 Å². The molecule has 2 rings (SSSR count). The van der Waals surface area contributed by atoms with Gasteiger partial charge in [-0.15, -0.1) is 12.4 Å². The Kier molecular flexibility index (Phi) is 2.75. The molecule has 1 aromatic carbocycles. The molecule has 12 heavy (non-hydrogen) atoms. The Balaban J connectivity index is 0.000000720. The largest absolute Gasteiger partial charge is 0.278 e. The molecule has 2 nitrogen and oxygen atoms in total. The SMILES string of the molecule is Cc1n[nH]c2ccc(Br)cc12.Cl. The standard InChI is InChI=1S/C8H7BrN2.ClH/c1-5-7-4-6(9)2-3-8(7)11-10-5;/h2-4H,1H3,(H,10,11);1H. The van der Waals surface area contributed by atoms with Crippen LogP contribution in [0.3, 0.4) is 0 Å². The quantitative estimate of drug-likeness (QED) is 0.761. The average molecular weight is 248 g/mol. The zero-order chi connectivity index (χ0) is 7.84. The highest BCUT2D eigenvalue weighted by Crippen LogP contribution is 2.19. The third kappa shape index (κ3) is 1.47. The van der Waals surface area contributed by atoms with Gasteiger partial charge in [0.15, 0.2) is 0 Å². The van der Waals surface area contributed by atoms with Crippen molar-refractivity contribution < 1.29 is 0 Å². The lowest BCUT2D eigenvalue weighted by Crippen LogP contribution is -1.69. The lowest BCUT2D eigenvalue weighted by atomic mass is 10.2. The van der Waals surface area contributed by atoms with Crippen molar-refractivity contribution in [1.29, 1.82) is 0 Å². The molecule has 1 heterocycles. The van der Waals surface area contributed by atoms with Crippen LogP contribution >= 0.6 is 28.3 Å². The number of H-pyrrole nitrogens is 1. The number of hydrogen-bond acceptors (Lipinski definition) is 1. The fourth-order valence-corrected chi connectivity index (χ4v) is 1.48. The number of aryl methyl sites for hydroxylation is 1. The van der Waals surface area contributed by atoms with Crippen LogP contribution in [0.4, 0.5) is 0 Å². The number of aromatic nitrogens is 2. The van der Waals surface area contributed by atoms with Crippen molar-refractivity contribution in [3.63, 3.8) is 0 Å². The van der Waals surface area contributed by atoms with Crippen LogP contribution in [0.25, 0.3) is 10.9 Å². The van der Waals surface area contributed by atoms with Crippen molar-refractivity contribution in [3.05, 3.63) is 28.4 Å². The highest BCUT2D eigenvalue weighted by atomic mass is 79.9. The molecule has 0 saturated heterocycles. The predicted octanol–water partition coefficient (Wildman–Crippen LogP) is 3.06. The second kappa shape index (κ2) is 3.46. The van der Waals surface area contributed by atoms with Crippen LogP contribution < -0.4 is 0 Å². The molecule has 1 N–H and O–H groups in total. The number of nitrogens with zero attached hydrogens (tertiary/aromatic N) is 1. The van der Waals surface area contributed by atoms with E-state index in [-0.39, 0.29) is 12.4 Å². The van der Waals surface area contributed by atoms with E-state index in [9.17, 15) is 0 Å². The van der Waals surface area contributed by atoms with Gasteiger partial charge in [0.2, 0.25) is 0 Å². The molecule has 0 spiro atoms. The Morgan fingerprint density at radius 3 is 2.92 bits per heavy atom. The molecule has 0 saturated carbocycles. The van der Waals surface area contributed by atoms with E-state index in [4.69, 9.17) is 0 Å². The fraction of sp³-hybridized carbons (Fsp3) is 0.125. The van der Waals surface area contributed by atoms with Crippen LogP contribution in [0.5, 0.6) is 0 Å². The summed E-state index contributed by atoms with van der Waals surface area (Å²) in [5.74, 6) is 0. The van der Waals surface area contributed by atoms with Gasteiger partial charge in [-0.1, -0.05) is 15.9 Å². The molecule has 4 heteroatoms. The monoisotopic (exact) mass is 246 g/mol. The maximum atomic E-state index is 4.09. The summed E-state index contributed by atoms with van der Waals surface area (Å²) < 4.78 is 1.09. The number of benzene rings is 1. The summed E-state index contributed by atoms with van der Waals surface area (Å²) in [4.78, 5) is 0. The van der Waals surface area contributed by atoms with Gasteiger partial charge in [0.05, 0.1) is 11.2 Å². The van der Waals surface area contributed by atoms with Gasteiger partial charge in [-0.3, -0.25) is 5.10 Å². The highest BCUT2D eigenvalue weighted by Gasteiger charge is 1.99. The van der Waals surface area contributed by atoms with Gasteiger partial charge in [-0.2, -0.15) is 5.10 Å². The van der Waals surface area contributed by atoms with E-state index in [1.165, 1.54) is 5.39 Å². The Labute approximate surface area is 84.9 Å². The molecule has 0 radical (unpaired) electrons. The van der Waals surface area contributed by atoms with E-state index < -0.39 is 0 Å². The minimum atomic E-state index is 0. The molecule has 0 atom stereocenters. The lowest BCUT2D eigenvalue weighted by molar-refractivity contribution is 1.07. The zero-order valence-electron chi connectivity index (χ0n) is 6.47. The Hall–Kier alpha value is -0.540. The second-order valence-corrected chi connectivity index (χ2v) is 3.41. The molecule has 0 bridgehead atoms. The zero-order valence-corrected chi connectivity index (χ0v) is 8.87. The van der Waals surface area contributed by atoms with Crippen LogP contribution in [0, 0.1) is 6.92 Å². The van der Waals surface area contributed by atoms with E-state index >= 15 is 0 Å². The maximum Gasteiger partial charge on any atom is 0.0670 e. The Morgan fingerprint density at radius 2 is 2.17 bits per heavy atom. The van der Waals surface area contributed by atoms with Crippen molar-refractivity contribution in [1.82, 2.24) is 10.2 Å². The lowest BCUT2D eigenvalue weighted by Gasteiger charge is -1.89. The van der Waals surface area contributed by atoms with Gasteiger partial charge in [0, 0.05) is 9.86 Å². The Bertz CT molecular complexity index is 397. The van der Waals surface area contributed by atoms with Gasteiger partial charge in [0.25, 0.3) is 0 Å². The maximum absolute atomic E-state index is 4.09. The van der Waals surface area contributed by atoms with Crippen molar-refractivity contribution in [3.8, 4) is 0 Å². The number of nitrogens with one attached hydrogen (secondary N) is 1. The van der Waals surface area contributed by atoms with E-state index in [2.05, 4.69) is 32.2 Å². The summed E-state index contributed by atoms with van der Waals surface area (Å²) in [5, 5.41) is 8.22. The summed E-state index contributed by atoms with van der Waals surface area (Å²) in [6.45, 7) is 1.99. The van der Waals surface area contributed by atoms with E-state index in [0.717, 1.165) is 15.7 Å². The molecule has 0 unspecified atom stereocenters. The van der Waals surface area contributed by atoms with Crippen LogP contribution in [0.15, 0.2) is 22.7 Å². The van der Waals surface area contributed by atoms with Gasteiger partial charge < -0.3 is 0 Å². The number of aromatic amines is 1. The number of hydrogen-bond donors (Lipinski definition) is 1. The van der Waals surface area contributed by atoms with Crippen LogP contribution in [0.1, 0.15) is 5.69 Å². The fourth-order valence-electron chi connectivity index (χ4n) is 1.12. The summed E-state index contributed by atoms with van der Waals surface area (Å²) in [7, 11) is 0. The summed E-state index contributed by atoms with van der Waals surface area (Å²) in [5.41, 5.74) is 2.13. The summed E-state index contributed by atoms with van der Waals surface area (Å²) in [6.07, 6.45) is 0. The first-order valence-corrected chi connectivity index (χ1v) is 4.17. The van der Waals surface area contributed by atoms with Gasteiger partial charge in [0.1, 0.15) is 0 Å². The van der Waals surface area contributed by atoms with Crippen LogP contribution in [-0.2, 0) is 0 Å². The second-order valence-electron chi connectivity index (χ2n) is 2.50. The average Bonchev–Trinajstić information content (AvgIpc) is 2.33. The molecule has 0 amide bonds. The molecule has 0 aliphatic carbocycles. The first-order valence-electron chi connectivity index (χ1n) is 3.37. The van der Waals surface area contributed by atoms with Crippen molar-refractivity contribution in [2.45, 2.75) is 6.92 Å². The highest BCUT2D eigenvalue weighted by molar-refractivity contribution is 9.10. The van der Waals surface area contributed by atoms with E-state index in [1.807, 2.05) is 19.1 Å². The molecule has 0 aliphatic heterocycles. The number of rotatable bonds is 0. The minimum Gasteiger partial charge on any atom is -0.278 e. The number of fused-ring (bicyclic) bond motifs is 1. The van der Waals surface area contributed by atoms with Gasteiger partial charge in [-0.05, 0) is 25.1 Å². The van der Waals surface area contributed by atoms with Crippen LogP contribution in [0.2, 0.25) is 0 Å². The summed E-state index contributed by atoms with van der Waals surface area (Å²) in [6, 6.07) is 6.08. The topological polar surface area (TPSA) is 28.7 Å². The van der Waals surface area contributed by atoms with Crippen molar-refractivity contribution >= 4 is 39.2 Å². The molecule has 0 fully saturated rings. The third-order valence-corrected chi connectivity index (χ3v) is 2.21. The molecule has 0 aliphatic rings. The first kappa shape index (κ1) is 9.55. The van der Waals surface area contributed by atoms with E-state index in [0.29, 0.717) is 0 Å². The molecule has 2 aromatic rings. The predicted molar refractivity (Wildman–Crippen MR) is 55.8 cm³/mol. The van der Waals surface area contributed by atoms with Gasteiger partial charge >= 0.3 is 0 Å². The molecular formula is C8H8BrClN2. The normalized spacial score (nSPS) is 9.83. The third-order valence-electron chi connectivity index (χ3n) is 1.72. The van der Waals surface area contributed by atoms with Crippen molar-refractivity contribution in [2.24, 2.45) is 0 Å². The van der Waals surface area contributed by atoms with Gasteiger partial charge in [-0.25, -0.2) is 0 Å². The minimum absolute atomic E-state index is 0. The smallest absolute Gasteiger partial charge is 0.0670 e. The Morgan fingerprint density at radius 1 is 1.42 bits per heavy atom. The van der Waals surface area contributed by atoms with E-state index in [1.54, 1.807) is 0 Å². The van der Waals surface area contributed by atoms with Crippen molar-refractivity contribution in [2.75, 3.05) is 0 Å². The summed E-state index contributed by atoms with van der Waals surface area (Å²) >= 11 is 3.41.